The molecule has 284 valence electrons. The molecule has 14 atom stereocenters. The molecular formula is C41H69N3O6. The lowest BCUT2D eigenvalue weighted by Crippen LogP contribution is -2.64. The number of rotatable bonds is 7. The lowest BCUT2D eigenvalue weighted by molar-refractivity contribution is -0.253. The Kier molecular flexibility index (Phi) is 8.66. The topological polar surface area (TPSA) is 107 Å². The molecule has 0 aromatic heterocycles. The molecule has 1 amide bonds. The highest BCUT2D eigenvalue weighted by Gasteiger charge is 2.84. The number of carbonyl (C=O) groups excluding carboxylic acids is 1. The van der Waals surface area contributed by atoms with E-state index in [4.69, 9.17) is 24.7 Å². The Bertz CT molecular complexity index is 1320. The first kappa shape index (κ1) is 36.0. The van der Waals surface area contributed by atoms with Gasteiger partial charge in [0.05, 0.1) is 31.0 Å². The number of likely N-dealkylation sites (tertiary alicyclic amines) is 1. The Morgan fingerprint density at radius 2 is 1.66 bits per heavy atom. The van der Waals surface area contributed by atoms with Crippen LogP contribution in [0.4, 0.5) is 4.79 Å². The van der Waals surface area contributed by atoms with Gasteiger partial charge in [-0.1, -0.05) is 48.5 Å². The van der Waals surface area contributed by atoms with Crippen molar-refractivity contribution in [3.63, 3.8) is 0 Å². The van der Waals surface area contributed by atoms with Gasteiger partial charge in [0.15, 0.2) is 6.29 Å². The summed E-state index contributed by atoms with van der Waals surface area (Å²) in [5.74, 6) is 1.84. The molecule has 9 nitrogen and oxygen atoms in total. The highest BCUT2D eigenvalue weighted by atomic mass is 16.7. The largest absolute Gasteiger partial charge is 0.443 e. The molecule has 0 radical (unpaired) electrons. The Morgan fingerprint density at radius 3 is 2.34 bits per heavy atom. The van der Waals surface area contributed by atoms with Crippen LogP contribution >= 0.6 is 0 Å². The molecule has 8 rings (SSSR count). The number of nitrogens with two attached hydrogens (primary N) is 1. The summed E-state index contributed by atoms with van der Waals surface area (Å²) in [6.07, 6.45) is 7.13. The van der Waals surface area contributed by atoms with E-state index < -0.39 is 18.3 Å². The molecule has 2 spiro atoms. The summed E-state index contributed by atoms with van der Waals surface area (Å²) in [4.78, 5) is 17.1. The van der Waals surface area contributed by atoms with Crippen LogP contribution < -0.4 is 5.73 Å². The molecule has 50 heavy (non-hydrogen) atoms. The number of nitrogens with zero attached hydrogens (tertiary/aromatic N) is 2. The third kappa shape index (κ3) is 4.87. The van der Waals surface area contributed by atoms with Crippen molar-refractivity contribution in [2.24, 2.45) is 62.4 Å². The molecule has 0 bridgehead atoms. The molecule has 0 aromatic rings. The Hall–Kier alpha value is -0.970. The molecule has 3 saturated heterocycles. The highest BCUT2D eigenvalue weighted by molar-refractivity contribution is 5.64. The van der Waals surface area contributed by atoms with Crippen LogP contribution in [0, 0.1) is 56.7 Å². The first-order chi connectivity index (χ1) is 23.5. The van der Waals surface area contributed by atoms with E-state index in [2.05, 4.69) is 72.1 Å². The summed E-state index contributed by atoms with van der Waals surface area (Å²) in [5.41, 5.74) is 6.00. The van der Waals surface area contributed by atoms with E-state index in [1.807, 2.05) is 0 Å². The minimum atomic E-state index is -0.748. The normalized spacial score (nSPS) is 50.8. The summed E-state index contributed by atoms with van der Waals surface area (Å²) in [6.45, 7) is 26.0. The number of carbonyl (C=O) groups is 1. The van der Waals surface area contributed by atoms with Gasteiger partial charge in [-0.05, 0) is 116 Å². The van der Waals surface area contributed by atoms with Crippen molar-refractivity contribution in [1.82, 2.24) is 9.80 Å². The Labute approximate surface area is 302 Å². The number of primary amides is 1. The van der Waals surface area contributed by atoms with E-state index in [-0.39, 0.29) is 52.7 Å². The van der Waals surface area contributed by atoms with Crippen molar-refractivity contribution in [2.45, 2.75) is 163 Å². The van der Waals surface area contributed by atoms with Gasteiger partial charge < -0.3 is 29.8 Å². The first-order valence-electron chi connectivity index (χ1n) is 20.5. The summed E-state index contributed by atoms with van der Waals surface area (Å²) >= 11 is 0. The maximum Gasteiger partial charge on any atom is 0.404 e. The second kappa shape index (κ2) is 12.0. The second-order valence-electron chi connectivity index (χ2n) is 20.3. The zero-order chi connectivity index (χ0) is 35.8. The lowest BCUT2D eigenvalue weighted by Gasteiger charge is -2.64. The van der Waals surface area contributed by atoms with Gasteiger partial charge in [-0.2, -0.15) is 0 Å². The van der Waals surface area contributed by atoms with Gasteiger partial charge >= 0.3 is 6.09 Å². The second-order valence-corrected chi connectivity index (χ2v) is 20.3. The van der Waals surface area contributed by atoms with Gasteiger partial charge in [-0.3, -0.25) is 9.80 Å². The Morgan fingerprint density at radius 1 is 0.960 bits per heavy atom. The van der Waals surface area contributed by atoms with Crippen LogP contribution in [0.5, 0.6) is 0 Å². The number of aliphatic hydroxyl groups excluding tert-OH is 1. The fraction of sp³-hybridized carbons (Fsp3) is 0.976. The molecule has 8 aliphatic rings. The molecule has 1 unspecified atom stereocenters. The van der Waals surface area contributed by atoms with Gasteiger partial charge in [0.2, 0.25) is 0 Å². The zero-order valence-electron chi connectivity index (χ0n) is 32.7. The molecule has 3 heterocycles. The first-order valence-corrected chi connectivity index (χ1v) is 20.5. The number of morpholine rings is 1. The number of aliphatic hydroxyl groups is 1. The standard InChI is InChI=1S/C41H69N3O6/c1-23(2)33(50-36(42)46)27-18-25(5)32-34(48-27)35(45)39(9)29-11-10-28-37(6,7)30(12-13-40(28)22-41(29,40)15-14-38(32,39)8)49-31-21-43(16-17-47-31)26-19-44(20-26)24(3)4/h23-35,45H,10-22H2,1-9H3,(H2,42,46)/t25-,27-,28+,29+,30?,31+,32+,33-,34+,35+,38-,39-,40-,41+/m1/s1. The van der Waals surface area contributed by atoms with Crippen LogP contribution in [0.1, 0.15) is 114 Å². The van der Waals surface area contributed by atoms with E-state index in [9.17, 15) is 9.90 Å². The number of fused-ring (bicyclic) bond motifs is 4. The quantitative estimate of drug-likeness (QED) is 0.331. The number of hydrogen-bond acceptors (Lipinski definition) is 8. The average molecular weight is 700 g/mol. The van der Waals surface area contributed by atoms with Crippen LogP contribution in [0.15, 0.2) is 0 Å². The number of ether oxygens (including phenoxy) is 4. The Balaban J connectivity index is 0.989. The summed E-state index contributed by atoms with van der Waals surface area (Å²) in [7, 11) is 0. The van der Waals surface area contributed by atoms with E-state index in [0.717, 1.165) is 52.0 Å². The predicted octanol–water partition coefficient (Wildman–Crippen LogP) is 6.06. The van der Waals surface area contributed by atoms with Crippen LogP contribution in [0.3, 0.4) is 0 Å². The van der Waals surface area contributed by atoms with E-state index in [0.29, 0.717) is 40.7 Å². The van der Waals surface area contributed by atoms with Crippen LogP contribution in [0.2, 0.25) is 0 Å². The highest BCUT2D eigenvalue weighted by Crippen LogP contribution is 2.89. The van der Waals surface area contributed by atoms with Crippen molar-refractivity contribution in [3.8, 4) is 0 Å². The van der Waals surface area contributed by atoms with Gasteiger partial charge in [0, 0.05) is 43.7 Å². The summed E-state index contributed by atoms with van der Waals surface area (Å²) in [5, 5.41) is 12.6. The molecule has 9 heteroatoms. The van der Waals surface area contributed by atoms with Gasteiger partial charge in [0.25, 0.3) is 0 Å². The lowest BCUT2D eigenvalue weighted by atomic mass is 9.41. The van der Waals surface area contributed by atoms with Crippen LogP contribution in [-0.4, -0.2) is 103 Å². The average Bonchev–Trinajstić information content (AvgIpc) is 3.65. The minimum absolute atomic E-state index is 0.00145. The maximum atomic E-state index is 12.6. The van der Waals surface area contributed by atoms with Crippen molar-refractivity contribution in [3.05, 3.63) is 0 Å². The van der Waals surface area contributed by atoms with Crippen molar-refractivity contribution < 1.29 is 28.8 Å². The predicted molar refractivity (Wildman–Crippen MR) is 192 cm³/mol. The SMILES string of the molecule is CC(C)[C@@H](OC(N)=O)[C@H]1C[C@@H](C)[C@H]2[C@H](O1)[C@H](O)[C@@]1(C)[C@@H]3CC[C@H]4C(C)(C)C(O[C@H]5CN(C6CN(C(C)C)C6)CCO5)CC[C@@]45C[C@@]35CC[C@]21C. The van der Waals surface area contributed by atoms with Crippen molar-refractivity contribution >= 4 is 6.09 Å². The third-order valence-corrected chi connectivity index (χ3v) is 17.6. The zero-order valence-corrected chi connectivity index (χ0v) is 32.7. The van der Waals surface area contributed by atoms with E-state index >= 15 is 0 Å². The molecule has 5 aliphatic carbocycles. The minimum Gasteiger partial charge on any atom is -0.443 e. The summed E-state index contributed by atoms with van der Waals surface area (Å²) in [6, 6.07) is 1.25. The molecule has 5 saturated carbocycles. The number of hydrogen-bond donors (Lipinski definition) is 2. The van der Waals surface area contributed by atoms with E-state index in [1.165, 1.54) is 32.1 Å². The third-order valence-electron chi connectivity index (χ3n) is 17.6. The van der Waals surface area contributed by atoms with Crippen LogP contribution in [-0.2, 0) is 18.9 Å². The molecule has 8 fully saturated rings. The van der Waals surface area contributed by atoms with Crippen molar-refractivity contribution in [1.29, 1.82) is 0 Å². The molecule has 0 aromatic carbocycles. The van der Waals surface area contributed by atoms with Crippen molar-refractivity contribution in [2.75, 3.05) is 32.8 Å². The van der Waals surface area contributed by atoms with Gasteiger partial charge in [-0.15, -0.1) is 0 Å². The fourth-order valence-corrected chi connectivity index (χ4v) is 14.9. The van der Waals surface area contributed by atoms with E-state index in [1.54, 1.807) is 0 Å². The van der Waals surface area contributed by atoms with Gasteiger partial charge in [-0.25, -0.2) is 4.79 Å². The fourth-order valence-electron chi connectivity index (χ4n) is 14.9. The summed E-state index contributed by atoms with van der Waals surface area (Å²) < 4.78 is 25.9. The smallest absolute Gasteiger partial charge is 0.404 e. The maximum absolute atomic E-state index is 12.6. The molecule has 3 aliphatic heterocycles. The van der Waals surface area contributed by atoms with Crippen LogP contribution in [0.25, 0.3) is 0 Å². The number of amides is 1. The monoisotopic (exact) mass is 700 g/mol. The molecular weight excluding hydrogens is 630 g/mol. The van der Waals surface area contributed by atoms with Gasteiger partial charge in [0.1, 0.15) is 6.10 Å². The molecule has 3 N–H and O–H groups in total.